The van der Waals surface area contributed by atoms with Gasteiger partial charge in [-0.05, 0) is 41.8 Å². The van der Waals surface area contributed by atoms with Crippen molar-refractivity contribution in [3.63, 3.8) is 0 Å². The van der Waals surface area contributed by atoms with Gasteiger partial charge in [0.1, 0.15) is 11.9 Å². The molecule has 0 bridgehead atoms. The van der Waals surface area contributed by atoms with Crippen molar-refractivity contribution in [2.75, 3.05) is 13.1 Å². The van der Waals surface area contributed by atoms with E-state index in [9.17, 15) is 4.79 Å². The molecule has 0 saturated carbocycles. The predicted octanol–water partition coefficient (Wildman–Crippen LogP) is 4.22. The first-order valence-electron chi connectivity index (χ1n) is 9.12. The quantitative estimate of drug-likeness (QED) is 0.777. The molecular weight excluding hydrogens is 383 g/mol. The molecule has 0 atom stereocenters. The molecule has 146 valence electrons. The Hall–Kier alpha value is -1.75. The van der Waals surface area contributed by atoms with Gasteiger partial charge in [0.05, 0.1) is 0 Å². The molecule has 1 amide bonds. The Morgan fingerprint density at radius 3 is 2.22 bits per heavy atom. The van der Waals surface area contributed by atoms with Crippen molar-refractivity contribution < 1.29 is 9.53 Å². The number of carbonyl (C=O) groups is 1. The molecule has 1 heterocycles. The van der Waals surface area contributed by atoms with Crippen LogP contribution in [-0.2, 0) is 17.8 Å². The molecule has 27 heavy (non-hydrogen) atoms. The Balaban J connectivity index is 0.00000261. The van der Waals surface area contributed by atoms with Crippen LogP contribution >= 0.6 is 24.0 Å². The molecule has 1 aliphatic heterocycles. The molecule has 0 unspecified atom stereocenters. The van der Waals surface area contributed by atoms with Crippen molar-refractivity contribution in [1.29, 1.82) is 0 Å². The third kappa shape index (κ3) is 6.42. The second kappa shape index (κ2) is 10.5. The highest BCUT2D eigenvalue weighted by Crippen LogP contribution is 2.21. The molecule has 0 aliphatic carbocycles. The van der Waals surface area contributed by atoms with Crippen molar-refractivity contribution in [3.8, 4) is 5.75 Å². The minimum Gasteiger partial charge on any atom is -0.490 e. The number of rotatable bonds is 6. The van der Waals surface area contributed by atoms with Crippen molar-refractivity contribution in [3.05, 3.63) is 64.7 Å². The number of nitrogens with zero attached hydrogens (tertiary/aromatic N) is 1. The van der Waals surface area contributed by atoms with Crippen molar-refractivity contribution >= 4 is 29.9 Å². The van der Waals surface area contributed by atoms with Gasteiger partial charge in [0.2, 0.25) is 5.91 Å². The highest BCUT2D eigenvalue weighted by Gasteiger charge is 2.23. The van der Waals surface area contributed by atoms with Crippen LogP contribution in [0.1, 0.15) is 30.4 Å². The van der Waals surface area contributed by atoms with Gasteiger partial charge < -0.3 is 15.4 Å². The molecule has 2 aromatic rings. The number of ether oxygens (including phenoxy) is 1. The maximum Gasteiger partial charge on any atom is 0.222 e. The van der Waals surface area contributed by atoms with Crippen LogP contribution in [0.4, 0.5) is 0 Å². The van der Waals surface area contributed by atoms with E-state index in [1.807, 2.05) is 41.3 Å². The summed E-state index contributed by atoms with van der Waals surface area (Å²) in [6, 6.07) is 15.6. The first-order valence-corrected chi connectivity index (χ1v) is 9.50. The van der Waals surface area contributed by atoms with Gasteiger partial charge in [-0.2, -0.15) is 0 Å². The van der Waals surface area contributed by atoms with Gasteiger partial charge >= 0.3 is 0 Å². The Labute approximate surface area is 172 Å². The van der Waals surface area contributed by atoms with Crippen molar-refractivity contribution in [2.24, 2.45) is 5.73 Å². The molecule has 1 aliphatic rings. The third-order valence-corrected chi connectivity index (χ3v) is 5.05. The fraction of sp³-hybridized carbons (Fsp3) is 0.381. The summed E-state index contributed by atoms with van der Waals surface area (Å²) < 4.78 is 5.98. The molecule has 6 heteroatoms. The molecule has 3 rings (SSSR count). The van der Waals surface area contributed by atoms with Crippen LogP contribution in [0.2, 0.25) is 5.02 Å². The van der Waals surface area contributed by atoms with Crippen LogP contribution in [-0.4, -0.2) is 30.0 Å². The van der Waals surface area contributed by atoms with Gasteiger partial charge in [-0.25, -0.2) is 0 Å². The number of hydrogen-bond acceptors (Lipinski definition) is 3. The first-order chi connectivity index (χ1) is 12.6. The second-order valence-corrected chi connectivity index (χ2v) is 7.11. The van der Waals surface area contributed by atoms with Crippen LogP contribution in [0.3, 0.4) is 0 Å². The van der Waals surface area contributed by atoms with E-state index in [2.05, 4.69) is 12.1 Å². The Kier molecular flexibility index (Phi) is 8.42. The summed E-state index contributed by atoms with van der Waals surface area (Å²) in [5, 5.41) is 0.704. The fourth-order valence-corrected chi connectivity index (χ4v) is 3.31. The van der Waals surface area contributed by atoms with Crippen LogP contribution in [0.15, 0.2) is 48.5 Å². The monoisotopic (exact) mass is 408 g/mol. The predicted molar refractivity (Wildman–Crippen MR) is 112 cm³/mol. The maximum atomic E-state index is 12.4. The highest BCUT2D eigenvalue weighted by atomic mass is 35.5. The zero-order valence-corrected chi connectivity index (χ0v) is 16.8. The number of nitrogens with two attached hydrogens (primary N) is 1. The Morgan fingerprint density at radius 1 is 1.04 bits per heavy atom. The number of amides is 1. The second-order valence-electron chi connectivity index (χ2n) is 6.67. The lowest BCUT2D eigenvalue weighted by Gasteiger charge is -2.32. The van der Waals surface area contributed by atoms with Gasteiger partial charge in [0.15, 0.2) is 0 Å². The zero-order chi connectivity index (χ0) is 18.4. The number of hydrogen-bond donors (Lipinski definition) is 1. The number of carbonyl (C=O) groups excluding carboxylic acids is 1. The molecule has 0 aromatic heterocycles. The Morgan fingerprint density at radius 2 is 1.63 bits per heavy atom. The Bertz CT molecular complexity index is 712. The van der Waals surface area contributed by atoms with Gasteiger partial charge in [-0.1, -0.05) is 35.9 Å². The van der Waals surface area contributed by atoms with Gasteiger partial charge in [-0.15, -0.1) is 12.4 Å². The molecule has 0 radical (unpaired) electrons. The lowest BCUT2D eigenvalue weighted by molar-refractivity contribution is -0.132. The average Bonchev–Trinajstić information content (AvgIpc) is 2.69. The highest BCUT2D eigenvalue weighted by molar-refractivity contribution is 6.30. The average molecular weight is 409 g/mol. The van der Waals surface area contributed by atoms with Crippen molar-refractivity contribution in [1.82, 2.24) is 4.90 Å². The number of aryl methyl sites for hydroxylation is 1. The molecule has 2 N–H and O–H groups in total. The maximum absolute atomic E-state index is 12.4. The van der Waals surface area contributed by atoms with E-state index in [0.717, 1.165) is 43.7 Å². The standard InChI is InChI=1S/C21H25ClN2O2.ClH/c22-18-6-8-19(9-7-18)26-20-11-13-24(14-12-20)21(25)10-5-16-1-3-17(15-23)4-2-16;/h1-4,6-9,20H,5,10-15,23H2;1H. The summed E-state index contributed by atoms with van der Waals surface area (Å²) in [6.07, 6.45) is 3.19. The molecule has 2 aromatic carbocycles. The normalized spacial score (nSPS) is 14.5. The van der Waals surface area contributed by atoms with Crippen LogP contribution in [0.5, 0.6) is 5.75 Å². The molecular formula is C21H26Cl2N2O2. The smallest absolute Gasteiger partial charge is 0.222 e. The summed E-state index contributed by atoms with van der Waals surface area (Å²) >= 11 is 5.89. The van der Waals surface area contributed by atoms with E-state index in [-0.39, 0.29) is 24.4 Å². The van der Waals surface area contributed by atoms with E-state index in [1.54, 1.807) is 0 Å². The molecule has 4 nitrogen and oxygen atoms in total. The fourth-order valence-electron chi connectivity index (χ4n) is 3.18. The first kappa shape index (κ1) is 21.5. The summed E-state index contributed by atoms with van der Waals surface area (Å²) in [5.74, 6) is 1.05. The van der Waals surface area contributed by atoms with Gasteiger partial charge in [0.25, 0.3) is 0 Å². The van der Waals surface area contributed by atoms with E-state index >= 15 is 0 Å². The van der Waals surface area contributed by atoms with Gasteiger partial charge in [0, 0.05) is 43.9 Å². The number of halogens is 2. The topological polar surface area (TPSA) is 55.6 Å². The minimum atomic E-state index is 0. The lowest BCUT2D eigenvalue weighted by Crippen LogP contribution is -2.41. The SMILES string of the molecule is Cl.NCc1ccc(CCC(=O)N2CCC(Oc3ccc(Cl)cc3)CC2)cc1. The van der Waals surface area contributed by atoms with Crippen LogP contribution in [0, 0.1) is 0 Å². The molecule has 1 fully saturated rings. The number of benzene rings is 2. The summed E-state index contributed by atoms with van der Waals surface area (Å²) in [5.41, 5.74) is 7.90. The van der Waals surface area contributed by atoms with Crippen LogP contribution < -0.4 is 10.5 Å². The van der Waals surface area contributed by atoms with E-state index in [1.165, 1.54) is 5.56 Å². The lowest BCUT2D eigenvalue weighted by atomic mass is 10.0. The third-order valence-electron chi connectivity index (χ3n) is 4.80. The zero-order valence-electron chi connectivity index (χ0n) is 15.3. The van der Waals surface area contributed by atoms with E-state index in [0.29, 0.717) is 18.0 Å². The van der Waals surface area contributed by atoms with Gasteiger partial charge in [-0.3, -0.25) is 4.79 Å². The summed E-state index contributed by atoms with van der Waals surface area (Å²) in [6.45, 7) is 2.05. The molecule has 1 saturated heterocycles. The minimum absolute atomic E-state index is 0. The molecule has 0 spiro atoms. The van der Waals surface area contributed by atoms with E-state index < -0.39 is 0 Å². The largest absolute Gasteiger partial charge is 0.490 e. The summed E-state index contributed by atoms with van der Waals surface area (Å²) in [4.78, 5) is 14.4. The summed E-state index contributed by atoms with van der Waals surface area (Å²) in [7, 11) is 0. The number of likely N-dealkylation sites (tertiary alicyclic amines) is 1. The van der Waals surface area contributed by atoms with E-state index in [4.69, 9.17) is 22.1 Å². The van der Waals surface area contributed by atoms with Crippen LogP contribution in [0.25, 0.3) is 0 Å². The van der Waals surface area contributed by atoms with Crippen molar-refractivity contribution in [2.45, 2.75) is 38.3 Å². The number of piperidine rings is 1.